The Morgan fingerprint density at radius 1 is 1.17 bits per heavy atom. The third kappa shape index (κ3) is 5.45. The van der Waals surface area contributed by atoms with Crippen LogP contribution in [0.5, 0.6) is 5.75 Å². The van der Waals surface area contributed by atoms with Gasteiger partial charge in [-0.3, -0.25) is 9.59 Å². The quantitative estimate of drug-likeness (QED) is 0.420. The van der Waals surface area contributed by atoms with Crippen LogP contribution in [0.4, 0.5) is 4.39 Å². The highest BCUT2D eigenvalue weighted by Gasteiger charge is 2.12. The molecule has 6 nitrogen and oxygen atoms in total. The van der Waals surface area contributed by atoms with E-state index in [2.05, 4.69) is 4.99 Å². The van der Waals surface area contributed by atoms with Crippen molar-refractivity contribution in [2.75, 3.05) is 20.0 Å². The van der Waals surface area contributed by atoms with Crippen LogP contribution in [0.25, 0.3) is 10.2 Å². The molecule has 3 aromatic rings. The smallest absolute Gasteiger partial charge is 0.325 e. The first-order valence-corrected chi connectivity index (χ1v) is 10.5. The third-order valence-electron chi connectivity index (χ3n) is 4.02. The Labute approximate surface area is 175 Å². The van der Waals surface area contributed by atoms with Gasteiger partial charge in [0.15, 0.2) is 4.80 Å². The number of rotatable bonds is 7. The van der Waals surface area contributed by atoms with Gasteiger partial charge < -0.3 is 14.0 Å². The first kappa shape index (κ1) is 21.1. The lowest BCUT2D eigenvalue weighted by molar-refractivity contribution is -0.141. The number of carbonyl (C=O) groups excluding carboxylic acids is 2. The van der Waals surface area contributed by atoms with Crippen molar-refractivity contribution >= 4 is 45.2 Å². The standard InChI is InChI=1S/C20H19FN2O4S2/c1-26-14-4-6-15(7-5-14)28-10-9-18(24)22-20-23(12-19(25)27-2)16-8-3-13(21)11-17(16)29-20/h3-8,11H,9-10,12H2,1-2H3. The number of esters is 1. The molecule has 0 aliphatic heterocycles. The Hall–Kier alpha value is -2.65. The average Bonchev–Trinajstić information content (AvgIpc) is 3.04. The van der Waals surface area contributed by atoms with E-state index in [1.54, 1.807) is 29.5 Å². The fourth-order valence-electron chi connectivity index (χ4n) is 2.57. The van der Waals surface area contributed by atoms with Crippen molar-refractivity contribution in [2.24, 2.45) is 4.99 Å². The monoisotopic (exact) mass is 434 g/mol. The van der Waals surface area contributed by atoms with Gasteiger partial charge in [-0.05, 0) is 42.5 Å². The summed E-state index contributed by atoms with van der Waals surface area (Å²) < 4.78 is 25.6. The zero-order valence-electron chi connectivity index (χ0n) is 15.9. The number of thiazole rings is 1. The minimum atomic E-state index is -0.474. The van der Waals surface area contributed by atoms with Gasteiger partial charge in [-0.25, -0.2) is 4.39 Å². The van der Waals surface area contributed by atoms with Gasteiger partial charge in [0.25, 0.3) is 0 Å². The lowest BCUT2D eigenvalue weighted by Gasteiger charge is -2.04. The first-order valence-electron chi connectivity index (χ1n) is 8.70. The lowest BCUT2D eigenvalue weighted by atomic mass is 10.3. The van der Waals surface area contributed by atoms with Crippen LogP contribution in [0, 0.1) is 5.82 Å². The molecule has 0 aliphatic rings. The molecule has 0 saturated carbocycles. The second kappa shape index (κ2) is 9.71. The largest absolute Gasteiger partial charge is 0.497 e. The molecule has 0 bridgehead atoms. The van der Waals surface area contributed by atoms with Crippen LogP contribution in [0.3, 0.4) is 0 Å². The molecule has 9 heteroatoms. The normalized spacial score (nSPS) is 11.6. The zero-order chi connectivity index (χ0) is 20.8. The predicted molar refractivity (Wildman–Crippen MR) is 111 cm³/mol. The lowest BCUT2D eigenvalue weighted by Crippen LogP contribution is -2.22. The average molecular weight is 435 g/mol. The molecule has 0 N–H and O–H groups in total. The fourth-order valence-corrected chi connectivity index (χ4v) is 4.48. The van der Waals surface area contributed by atoms with Crippen LogP contribution in [0.2, 0.25) is 0 Å². The van der Waals surface area contributed by atoms with Gasteiger partial charge >= 0.3 is 5.97 Å². The van der Waals surface area contributed by atoms with Gasteiger partial charge in [0.05, 0.1) is 24.4 Å². The number of ether oxygens (including phenoxy) is 2. The molecule has 152 valence electrons. The van der Waals surface area contributed by atoms with Gasteiger partial charge in [-0.2, -0.15) is 4.99 Å². The van der Waals surface area contributed by atoms with Crippen molar-refractivity contribution < 1.29 is 23.5 Å². The Morgan fingerprint density at radius 3 is 2.62 bits per heavy atom. The summed E-state index contributed by atoms with van der Waals surface area (Å²) in [5, 5.41) is 0. The Morgan fingerprint density at radius 2 is 1.93 bits per heavy atom. The van der Waals surface area contributed by atoms with Crippen molar-refractivity contribution in [1.82, 2.24) is 4.57 Å². The van der Waals surface area contributed by atoms with E-state index < -0.39 is 11.8 Å². The molecule has 29 heavy (non-hydrogen) atoms. The zero-order valence-corrected chi connectivity index (χ0v) is 17.5. The van der Waals surface area contributed by atoms with Crippen LogP contribution in [0.15, 0.2) is 52.4 Å². The number of halogens is 1. The van der Waals surface area contributed by atoms with Crippen LogP contribution < -0.4 is 9.54 Å². The topological polar surface area (TPSA) is 69.9 Å². The Balaban J connectivity index is 1.75. The number of hydrogen-bond donors (Lipinski definition) is 0. The number of aromatic nitrogens is 1. The summed E-state index contributed by atoms with van der Waals surface area (Å²) in [5.74, 6) is 0.162. The van der Waals surface area contributed by atoms with Gasteiger partial charge in [0.2, 0.25) is 5.91 Å². The van der Waals surface area contributed by atoms with Crippen LogP contribution in [0.1, 0.15) is 6.42 Å². The minimum absolute atomic E-state index is 0.102. The predicted octanol–water partition coefficient (Wildman–Crippen LogP) is 3.63. The summed E-state index contributed by atoms with van der Waals surface area (Å²) in [6.45, 7) is -0.102. The fraction of sp³-hybridized carbons (Fsp3) is 0.250. The second-order valence-corrected chi connectivity index (χ2v) is 8.12. The van der Waals surface area contributed by atoms with Gasteiger partial charge in [0, 0.05) is 17.1 Å². The molecule has 0 unspecified atom stereocenters. The van der Waals surface area contributed by atoms with E-state index in [1.165, 1.54) is 19.2 Å². The summed E-state index contributed by atoms with van der Waals surface area (Å²) in [7, 11) is 2.90. The maximum absolute atomic E-state index is 13.5. The molecule has 0 atom stereocenters. The number of fused-ring (bicyclic) bond motifs is 1. The summed E-state index contributed by atoms with van der Waals surface area (Å²) in [4.78, 5) is 29.6. The number of methoxy groups -OCH3 is 2. The van der Waals surface area contributed by atoms with E-state index in [9.17, 15) is 14.0 Å². The highest BCUT2D eigenvalue weighted by Crippen LogP contribution is 2.22. The molecule has 1 amide bonds. The van der Waals surface area contributed by atoms with Crippen LogP contribution in [-0.4, -0.2) is 36.4 Å². The summed E-state index contributed by atoms with van der Waals surface area (Å²) in [6, 6.07) is 11.8. The number of nitrogens with zero attached hydrogens (tertiary/aromatic N) is 2. The number of hydrogen-bond acceptors (Lipinski definition) is 6. The van der Waals surface area contributed by atoms with Crippen molar-refractivity contribution in [1.29, 1.82) is 0 Å². The van der Waals surface area contributed by atoms with Crippen molar-refractivity contribution in [3.63, 3.8) is 0 Å². The van der Waals surface area contributed by atoms with E-state index >= 15 is 0 Å². The van der Waals surface area contributed by atoms with E-state index in [1.807, 2.05) is 24.3 Å². The molecule has 1 aromatic heterocycles. The summed E-state index contributed by atoms with van der Waals surface area (Å²) in [6.07, 6.45) is 0.234. The van der Waals surface area contributed by atoms with E-state index in [-0.39, 0.29) is 18.9 Å². The second-order valence-electron chi connectivity index (χ2n) is 5.94. The molecule has 0 fully saturated rings. The summed E-state index contributed by atoms with van der Waals surface area (Å²) >= 11 is 2.70. The number of thioether (sulfide) groups is 1. The maximum atomic E-state index is 13.5. The van der Waals surface area contributed by atoms with Crippen molar-refractivity contribution in [2.45, 2.75) is 17.9 Å². The minimum Gasteiger partial charge on any atom is -0.497 e. The molecule has 0 aliphatic carbocycles. The van der Waals surface area contributed by atoms with E-state index in [0.717, 1.165) is 22.0 Å². The van der Waals surface area contributed by atoms with Crippen molar-refractivity contribution in [3.05, 3.63) is 53.1 Å². The first-order chi connectivity index (χ1) is 14.0. The molecule has 2 aromatic carbocycles. The molecule has 0 radical (unpaired) electrons. The SMILES string of the molecule is COC(=O)Cn1c(=NC(=O)CCSc2ccc(OC)cc2)sc2cc(F)ccc21. The Kier molecular flexibility index (Phi) is 7.05. The van der Waals surface area contributed by atoms with Crippen LogP contribution >= 0.6 is 23.1 Å². The third-order valence-corrected chi connectivity index (χ3v) is 6.08. The molecule has 1 heterocycles. The number of carbonyl (C=O) groups is 2. The molecule has 0 spiro atoms. The molecular weight excluding hydrogens is 415 g/mol. The van der Waals surface area contributed by atoms with Crippen LogP contribution in [-0.2, 0) is 20.9 Å². The van der Waals surface area contributed by atoms with E-state index in [0.29, 0.717) is 20.8 Å². The van der Waals surface area contributed by atoms with Crippen molar-refractivity contribution in [3.8, 4) is 5.75 Å². The highest BCUT2D eigenvalue weighted by atomic mass is 32.2. The Bertz CT molecular complexity index is 1090. The molecule has 0 saturated heterocycles. The van der Waals surface area contributed by atoms with Gasteiger partial charge in [0.1, 0.15) is 18.1 Å². The molecule has 3 rings (SSSR count). The van der Waals surface area contributed by atoms with Gasteiger partial charge in [-0.15, -0.1) is 11.8 Å². The maximum Gasteiger partial charge on any atom is 0.325 e. The highest BCUT2D eigenvalue weighted by molar-refractivity contribution is 7.99. The number of amides is 1. The van der Waals surface area contributed by atoms with Gasteiger partial charge in [-0.1, -0.05) is 11.3 Å². The number of benzene rings is 2. The molecular formula is C20H19FN2O4S2. The van der Waals surface area contributed by atoms with E-state index in [4.69, 9.17) is 9.47 Å². The summed E-state index contributed by atoms with van der Waals surface area (Å²) in [5.41, 5.74) is 0.626.